The molecule has 0 aromatic rings. The van der Waals surface area contributed by atoms with Crippen LogP contribution in [0.5, 0.6) is 0 Å². The van der Waals surface area contributed by atoms with Crippen molar-refractivity contribution in [2.24, 2.45) is 11.8 Å². The van der Waals surface area contributed by atoms with Crippen molar-refractivity contribution in [3.05, 3.63) is 0 Å². The van der Waals surface area contributed by atoms with E-state index in [4.69, 9.17) is 0 Å². The van der Waals surface area contributed by atoms with Gasteiger partial charge in [0.25, 0.3) is 0 Å². The van der Waals surface area contributed by atoms with Crippen LogP contribution in [0.3, 0.4) is 0 Å². The second-order valence-corrected chi connectivity index (χ2v) is 8.42. The Labute approximate surface area is 124 Å². The molecule has 0 spiro atoms. The SMILES string of the molecule is CCC1CCC(CNS(=O)(=O)CC2CCCCN2)CC1. The highest BCUT2D eigenvalue weighted by molar-refractivity contribution is 7.89. The van der Waals surface area contributed by atoms with Crippen molar-refractivity contribution in [3.8, 4) is 0 Å². The summed E-state index contributed by atoms with van der Waals surface area (Å²) in [5.41, 5.74) is 0. The summed E-state index contributed by atoms with van der Waals surface area (Å²) in [6.45, 7) is 3.86. The van der Waals surface area contributed by atoms with E-state index in [0.29, 0.717) is 12.5 Å². The van der Waals surface area contributed by atoms with Gasteiger partial charge in [-0.25, -0.2) is 13.1 Å². The standard InChI is InChI=1S/C15H30N2O2S/c1-2-13-6-8-14(9-7-13)11-17-20(18,19)12-15-5-3-4-10-16-15/h13-17H,2-12H2,1H3. The number of hydrogen-bond acceptors (Lipinski definition) is 3. The molecule has 5 heteroatoms. The number of sulfonamides is 1. The van der Waals surface area contributed by atoms with Crippen LogP contribution in [0.4, 0.5) is 0 Å². The summed E-state index contributed by atoms with van der Waals surface area (Å²) < 4.78 is 27.1. The zero-order chi connectivity index (χ0) is 14.4. The Morgan fingerprint density at radius 2 is 1.75 bits per heavy atom. The molecule has 0 bridgehead atoms. The second-order valence-electron chi connectivity index (χ2n) is 6.57. The van der Waals surface area contributed by atoms with Gasteiger partial charge in [0.1, 0.15) is 0 Å². The third-order valence-electron chi connectivity index (χ3n) is 4.97. The van der Waals surface area contributed by atoms with Gasteiger partial charge in [-0.3, -0.25) is 0 Å². The maximum atomic E-state index is 12.1. The Kier molecular flexibility index (Phi) is 6.30. The van der Waals surface area contributed by atoms with Crippen LogP contribution in [0.2, 0.25) is 0 Å². The van der Waals surface area contributed by atoms with Gasteiger partial charge in [-0.2, -0.15) is 0 Å². The number of piperidine rings is 1. The molecular formula is C15H30N2O2S. The van der Waals surface area contributed by atoms with E-state index in [1.165, 1.54) is 38.5 Å². The van der Waals surface area contributed by atoms with Crippen LogP contribution in [0.1, 0.15) is 58.3 Å². The van der Waals surface area contributed by atoms with Gasteiger partial charge >= 0.3 is 0 Å². The van der Waals surface area contributed by atoms with E-state index in [2.05, 4.69) is 17.0 Å². The minimum Gasteiger partial charge on any atom is -0.313 e. The van der Waals surface area contributed by atoms with Crippen molar-refractivity contribution >= 4 is 10.0 Å². The summed E-state index contributed by atoms with van der Waals surface area (Å²) in [7, 11) is -3.11. The van der Waals surface area contributed by atoms with Gasteiger partial charge in [0.2, 0.25) is 10.0 Å². The molecule has 1 unspecified atom stereocenters. The van der Waals surface area contributed by atoms with E-state index in [0.717, 1.165) is 25.3 Å². The predicted octanol–water partition coefficient (Wildman–Crippen LogP) is 2.26. The van der Waals surface area contributed by atoms with E-state index in [1.807, 2.05) is 0 Å². The molecule has 4 nitrogen and oxygen atoms in total. The molecular weight excluding hydrogens is 272 g/mol. The van der Waals surface area contributed by atoms with Gasteiger partial charge in [-0.05, 0) is 44.1 Å². The van der Waals surface area contributed by atoms with Crippen LogP contribution >= 0.6 is 0 Å². The summed E-state index contributed by atoms with van der Waals surface area (Å²) in [6.07, 6.45) is 9.48. The van der Waals surface area contributed by atoms with E-state index in [1.54, 1.807) is 0 Å². The molecule has 1 atom stereocenters. The molecule has 2 rings (SSSR count). The fourth-order valence-electron chi connectivity index (χ4n) is 3.48. The molecule has 2 aliphatic rings. The lowest BCUT2D eigenvalue weighted by Crippen LogP contribution is -2.43. The third kappa shape index (κ3) is 5.34. The van der Waals surface area contributed by atoms with Crippen molar-refractivity contribution in [3.63, 3.8) is 0 Å². The van der Waals surface area contributed by atoms with E-state index < -0.39 is 10.0 Å². The molecule has 118 valence electrons. The molecule has 0 aromatic heterocycles. The Morgan fingerprint density at radius 1 is 1.05 bits per heavy atom. The van der Waals surface area contributed by atoms with Gasteiger partial charge in [-0.1, -0.05) is 32.6 Å². The number of hydrogen-bond donors (Lipinski definition) is 2. The average molecular weight is 302 g/mol. The first-order chi connectivity index (χ1) is 9.59. The molecule has 0 amide bonds. The molecule has 1 saturated heterocycles. The van der Waals surface area contributed by atoms with Gasteiger partial charge in [0, 0.05) is 12.6 Å². The lowest BCUT2D eigenvalue weighted by atomic mass is 9.81. The Balaban J connectivity index is 1.69. The molecule has 2 N–H and O–H groups in total. The van der Waals surface area contributed by atoms with Crippen LogP contribution in [0.15, 0.2) is 0 Å². The smallest absolute Gasteiger partial charge is 0.213 e. The third-order valence-corrected chi connectivity index (χ3v) is 6.42. The zero-order valence-corrected chi connectivity index (χ0v) is 13.6. The van der Waals surface area contributed by atoms with E-state index >= 15 is 0 Å². The van der Waals surface area contributed by atoms with Crippen LogP contribution in [0, 0.1) is 11.8 Å². The van der Waals surface area contributed by atoms with Crippen LogP contribution in [0.25, 0.3) is 0 Å². The van der Waals surface area contributed by atoms with Crippen molar-refractivity contribution in [1.82, 2.24) is 10.0 Å². The van der Waals surface area contributed by atoms with Gasteiger partial charge in [0.15, 0.2) is 0 Å². The lowest BCUT2D eigenvalue weighted by molar-refractivity contribution is 0.270. The minimum atomic E-state index is -3.11. The fraction of sp³-hybridized carbons (Fsp3) is 1.00. The van der Waals surface area contributed by atoms with Crippen molar-refractivity contribution in [2.75, 3.05) is 18.8 Å². The van der Waals surface area contributed by atoms with Gasteiger partial charge in [-0.15, -0.1) is 0 Å². The Hall–Kier alpha value is -0.130. The highest BCUT2D eigenvalue weighted by Crippen LogP contribution is 2.30. The number of nitrogens with one attached hydrogen (secondary N) is 2. The quantitative estimate of drug-likeness (QED) is 0.791. The van der Waals surface area contributed by atoms with Gasteiger partial charge in [0.05, 0.1) is 5.75 Å². The molecule has 1 heterocycles. The Bertz CT molecular complexity index is 369. The summed E-state index contributed by atoms with van der Waals surface area (Å²) in [5.74, 6) is 1.67. The zero-order valence-electron chi connectivity index (χ0n) is 12.7. The van der Waals surface area contributed by atoms with Crippen molar-refractivity contribution in [1.29, 1.82) is 0 Å². The van der Waals surface area contributed by atoms with Crippen molar-refractivity contribution < 1.29 is 8.42 Å². The van der Waals surface area contributed by atoms with E-state index in [9.17, 15) is 8.42 Å². The lowest BCUT2D eigenvalue weighted by Gasteiger charge is -2.28. The maximum Gasteiger partial charge on any atom is 0.213 e. The van der Waals surface area contributed by atoms with E-state index in [-0.39, 0.29) is 11.8 Å². The van der Waals surface area contributed by atoms with Crippen LogP contribution in [-0.2, 0) is 10.0 Å². The van der Waals surface area contributed by atoms with Crippen LogP contribution < -0.4 is 10.0 Å². The molecule has 1 saturated carbocycles. The molecule has 2 fully saturated rings. The monoisotopic (exact) mass is 302 g/mol. The molecule has 0 radical (unpaired) electrons. The normalized spacial score (nSPS) is 32.1. The molecule has 0 aromatic carbocycles. The summed E-state index contributed by atoms with van der Waals surface area (Å²) in [4.78, 5) is 0. The molecule has 1 aliphatic heterocycles. The largest absolute Gasteiger partial charge is 0.313 e. The summed E-state index contributed by atoms with van der Waals surface area (Å²) in [5, 5.41) is 3.31. The first-order valence-electron chi connectivity index (χ1n) is 8.30. The number of rotatable bonds is 6. The minimum absolute atomic E-state index is 0.150. The average Bonchev–Trinajstić information content (AvgIpc) is 2.46. The summed E-state index contributed by atoms with van der Waals surface area (Å²) in [6, 6.07) is 0.150. The van der Waals surface area contributed by atoms with Crippen molar-refractivity contribution in [2.45, 2.75) is 64.3 Å². The first kappa shape index (κ1) is 16.2. The van der Waals surface area contributed by atoms with Gasteiger partial charge < -0.3 is 5.32 Å². The van der Waals surface area contributed by atoms with Crippen LogP contribution in [-0.4, -0.2) is 33.3 Å². The highest BCUT2D eigenvalue weighted by Gasteiger charge is 2.24. The summed E-state index contributed by atoms with van der Waals surface area (Å²) >= 11 is 0. The molecule has 20 heavy (non-hydrogen) atoms. The predicted molar refractivity (Wildman–Crippen MR) is 83.2 cm³/mol. The first-order valence-corrected chi connectivity index (χ1v) is 9.95. The topological polar surface area (TPSA) is 58.2 Å². The fourth-order valence-corrected chi connectivity index (χ4v) is 4.90. The highest BCUT2D eigenvalue weighted by atomic mass is 32.2. The molecule has 1 aliphatic carbocycles. The Morgan fingerprint density at radius 3 is 2.35 bits per heavy atom. The maximum absolute atomic E-state index is 12.1. The second kappa shape index (κ2) is 7.76.